The number of nitrogens with one attached hydrogen (secondary N) is 1. The zero-order valence-electron chi connectivity index (χ0n) is 10.4. The van der Waals surface area contributed by atoms with Crippen molar-refractivity contribution in [2.75, 3.05) is 11.9 Å². The van der Waals surface area contributed by atoms with Gasteiger partial charge in [-0.1, -0.05) is 42.3 Å². The molecule has 90 valence electrons. The molecule has 1 nitrogen and oxygen atoms in total. The Morgan fingerprint density at radius 2 is 1.83 bits per heavy atom. The molecule has 18 heavy (non-hydrogen) atoms. The molecule has 0 saturated heterocycles. The lowest BCUT2D eigenvalue weighted by atomic mass is 10.1. The van der Waals surface area contributed by atoms with E-state index in [9.17, 15) is 0 Å². The third-order valence-corrected chi connectivity index (χ3v) is 2.84. The maximum Gasteiger partial charge on any atom is 0.0352 e. The fourth-order valence-electron chi connectivity index (χ4n) is 1.89. The summed E-state index contributed by atoms with van der Waals surface area (Å²) in [5.74, 6) is 2.64. The summed E-state index contributed by atoms with van der Waals surface area (Å²) in [5, 5.41) is 3.39. The van der Waals surface area contributed by atoms with Gasteiger partial charge in [-0.25, -0.2) is 0 Å². The fraction of sp³-hybridized carbons (Fsp3) is 0.176. The van der Waals surface area contributed by atoms with Crippen LogP contribution < -0.4 is 5.32 Å². The van der Waals surface area contributed by atoms with Crippen molar-refractivity contribution < 1.29 is 0 Å². The highest BCUT2D eigenvalue weighted by Gasteiger charge is 1.94. The van der Waals surface area contributed by atoms with E-state index in [1.165, 1.54) is 5.56 Å². The molecule has 0 fully saturated rings. The Morgan fingerprint density at radius 3 is 2.61 bits per heavy atom. The van der Waals surface area contributed by atoms with Crippen LogP contribution in [0, 0.1) is 12.3 Å². The van der Waals surface area contributed by atoms with Crippen LogP contribution in [-0.4, -0.2) is 6.54 Å². The molecule has 1 heteroatoms. The van der Waals surface area contributed by atoms with Crippen LogP contribution in [0.5, 0.6) is 0 Å². The summed E-state index contributed by atoms with van der Waals surface area (Å²) >= 11 is 0. The van der Waals surface area contributed by atoms with Crippen LogP contribution in [0.25, 0.3) is 0 Å². The van der Waals surface area contributed by atoms with Crippen LogP contribution in [-0.2, 0) is 6.42 Å². The molecule has 0 aliphatic heterocycles. The Hall–Kier alpha value is -2.20. The quantitative estimate of drug-likeness (QED) is 0.615. The van der Waals surface area contributed by atoms with E-state index in [0.717, 1.165) is 30.6 Å². The first-order valence-corrected chi connectivity index (χ1v) is 6.23. The minimum Gasteiger partial charge on any atom is -0.385 e. The van der Waals surface area contributed by atoms with Crippen LogP contribution in [0.15, 0.2) is 54.6 Å². The SMILES string of the molecule is C#Cc1cccc(NCCCc2ccccc2)c1. The van der Waals surface area contributed by atoms with Crippen molar-refractivity contribution in [2.24, 2.45) is 0 Å². The first-order chi connectivity index (χ1) is 8.88. The average Bonchev–Trinajstić information content (AvgIpc) is 2.45. The van der Waals surface area contributed by atoms with Gasteiger partial charge in [0.25, 0.3) is 0 Å². The van der Waals surface area contributed by atoms with Gasteiger partial charge in [-0.2, -0.15) is 0 Å². The largest absolute Gasteiger partial charge is 0.385 e. The van der Waals surface area contributed by atoms with Gasteiger partial charge in [0.05, 0.1) is 0 Å². The van der Waals surface area contributed by atoms with E-state index >= 15 is 0 Å². The van der Waals surface area contributed by atoms with Crippen LogP contribution in [0.2, 0.25) is 0 Å². The number of hydrogen-bond acceptors (Lipinski definition) is 1. The molecule has 2 rings (SSSR count). The number of benzene rings is 2. The maximum atomic E-state index is 5.37. The predicted octanol–water partition coefficient (Wildman–Crippen LogP) is 3.71. The third-order valence-electron chi connectivity index (χ3n) is 2.84. The molecule has 2 aromatic carbocycles. The Labute approximate surface area is 109 Å². The van der Waals surface area contributed by atoms with Gasteiger partial charge in [0.2, 0.25) is 0 Å². The monoisotopic (exact) mass is 235 g/mol. The van der Waals surface area contributed by atoms with Crippen LogP contribution in [0.1, 0.15) is 17.5 Å². The van der Waals surface area contributed by atoms with E-state index in [1.54, 1.807) is 0 Å². The van der Waals surface area contributed by atoms with Crippen molar-refractivity contribution in [3.63, 3.8) is 0 Å². The van der Waals surface area contributed by atoms with Crippen molar-refractivity contribution in [1.82, 2.24) is 0 Å². The highest BCUT2D eigenvalue weighted by atomic mass is 14.9. The zero-order chi connectivity index (χ0) is 12.6. The number of rotatable bonds is 5. The topological polar surface area (TPSA) is 12.0 Å². The van der Waals surface area contributed by atoms with Gasteiger partial charge in [0.1, 0.15) is 0 Å². The minimum absolute atomic E-state index is 0.919. The summed E-state index contributed by atoms with van der Waals surface area (Å²) in [6.07, 6.45) is 7.59. The summed E-state index contributed by atoms with van der Waals surface area (Å²) in [6.45, 7) is 0.961. The minimum atomic E-state index is 0.919. The Kier molecular flexibility index (Phi) is 4.44. The number of hydrogen-bond donors (Lipinski definition) is 1. The number of aryl methyl sites for hydroxylation is 1. The highest BCUT2D eigenvalue weighted by molar-refractivity contribution is 5.49. The van der Waals surface area contributed by atoms with Gasteiger partial charge in [0, 0.05) is 17.8 Å². The summed E-state index contributed by atoms with van der Waals surface area (Å²) < 4.78 is 0. The van der Waals surface area contributed by atoms with Crippen molar-refractivity contribution in [3.8, 4) is 12.3 Å². The molecule has 0 bridgehead atoms. The summed E-state index contributed by atoms with van der Waals surface area (Å²) in [6, 6.07) is 18.5. The van der Waals surface area contributed by atoms with Crippen LogP contribution >= 0.6 is 0 Å². The van der Waals surface area contributed by atoms with E-state index in [1.807, 2.05) is 30.3 Å². The van der Waals surface area contributed by atoms with Crippen molar-refractivity contribution in [3.05, 3.63) is 65.7 Å². The van der Waals surface area contributed by atoms with E-state index in [-0.39, 0.29) is 0 Å². The summed E-state index contributed by atoms with van der Waals surface area (Å²) in [5.41, 5.74) is 3.40. The maximum absolute atomic E-state index is 5.37. The highest BCUT2D eigenvalue weighted by Crippen LogP contribution is 2.10. The number of anilines is 1. The second-order valence-corrected chi connectivity index (χ2v) is 4.24. The van der Waals surface area contributed by atoms with E-state index < -0.39 is 0 Å². The molecular formula is C17H17N. The lowest BCUT2D eigenvalue weighted by Crippen LogP contribution is -2.03. The summed E-state index contributed by atoms with van der Waals surface area (Å²) in [4.78, 5) is 0. The summed E-state index contributed by atoms with van der Waals surface area (Å²) in [7, 11) is 0. The number of terminal acetylenes is 1. The van der Waals surface area contributed by atoms with E-state index in [2.05, 4.69) is 35.5 Å². The molecule has 0 aliphatic rings. The lowest BCUT2D eigenvalue weighted by molar-refractivity contribution is 0.863. The second-order valence-electron chi connectivity index (χ2n) is 4.24. The van der Waals surface area contributed by atoms with Gasteiger partial charge in [-0.05, 0) is 36.6 Å². The van der Waals surface area contributed by atoms with Gasteiger partial charge < -0.3 is 5.32 Å². The molecule has 0 atom stereocenters. The zero-order valence-corrected chi connectivity index (χ0v) is 10.4. The van der Waals surface area contributed by atoms with Crippen molar-refractivity contribution in [2.45, 2.75) is 12.8 Å². The van der Waals surface area contributed by atoms with Crippen LogP contribution in [0.4, 0.5) is 5.69 Å². The Morgan fingerprint density at radius 1 is 1.00 bits per heavy atom. The molecule has 2 aromatic rings. The van der Waals surface area contributed by atoms with E-state index in [4.69, 9.17) is 6.42 Å². The standard InChI is InChI=1S/C17H17N/c1-2-15-10-6-12-17(14-15)18-13-7-11-16-8-4-3-5-9-16/h1,3-6,8-10,12,14,18H,7,11,13H2. The smallest absolute Gasteiger partial charge is 0.0352 e. The van der Waals surface area contributed by atoms with Gasteiger partial charge in [-0.3, -0.25) is 0 Å². The van der Waals surface area contributed by atoms with E-state index in [0.29, 0.717) is 0 Å². The fourth-order valence-corrected chi connectivity index (χ4v) is 1.89. The molecule has 0 aromatic heterocycles. The Balaban J connectivity index is 1.77. The Bertz CT molecular complexity index is 523. The molecule has 0 saturated carbocycles. The molecule has 0 heterocycles. The normalized spacial score (nSPS) is 9.72. The molecule has 0 spiro atoms. The lowest BCUT2D eigenvalue weighted by Gasteiger charge is -2.06. The van der Waals surface area contributed by atoms with Crippen molar-refractivity contribution in [1.29, 1.82) is 0 Å². The van der Waals surface area contributed by atoms with Gasteiger partial charge >= 0.3 is 0 Å². The molecular weight excluding hydrogens is 218 g/mol. The van der Waals surface area contributed by atoms with Gasteiger partial charge in [-0.15, -0.1) is 6.42 Å². The second kappa shape index (κ2) is 6.51. The average molecular weight is 235 g/mol. The third kappa shape index (κ3) is 3.68. The molecule has 0 amide bonds. The van der Waals surface area contributed by atoms with Gasteiger partial charge in [0.15, 0.2) is 0 Å². The predicted molar refractivity (Wildman–Crippen MR) is 77.6 cm³/mol. The molecule has 0 radical (unpaired) electrons. The molecule has 1 N–H and O–H groups in total. The molecule has 0 unspecified atom stereocenters. The first-order valence-electron chi connectivity index (χ1n) is 6.23. The first kappa shape index (κ1) is 12.3. The molecule has 0 aliphatic carbocycles. The van der Waals surface area contributed by atoms with Crippen molar-refractivity contribution >= 4 is 5.69 Å². The van der Waals surface area contributed by atoms with Crippen LogP contribution in [0.3, 0.4) is 0 Å².